The highest BCUT2D eigenvalue weighted by atomic mass is 19.4. The maximum atomic E-state index is 13.6. The van der Waals surface area contributed by atoms with Gasteiger partial charge < -0.3 is 19.4 Å². The molecule has 2 heterocycles. The highest BCUT2D eigenvalue weighted by Gasteiger charge is 2.41. The molecule has 2 aromatic carbocycles. The number of fused-ring (bicyclic) bond motifs is 1. The molecule has 0 aliphatic carbocycles. The summed E-state index contributed by atoms with van der Waals surface area (Å²) < 4.78 is 47.7. The molecule has 1 aromatic heterocycles. The van der Waals surface area contributed by atoms with E-state index in [1.54, 1.807) is 25.1 Å². The predicted molar refractivity (Wildman–Crippen MR) is 156 cm³/mol. The molecule has 3 N–H and O–H groups in total. The summed E-state index contributed by atoms with van der Waals surface area (Å²) in [5.74, 6) is -0.786. The Labute approximate surface area is 256 Å². The van der Waals surface area contributed by atoms with Gasteiger partial charge in [-0.15, -0.1) is 5.10 Å². The fourth-order valence-corrected chi connectivity index (χ4v) is 5.27. The number of aromatic nitrogens is 3. The van der Waals surface area contributed by atoms with Crippen LogP contribution in [0.2, 0.25) is 0 Å². The number of esters is 1. The first-order chi connectivity index (χ1) is 21.2. The van der Waals surface area contributed by atoms with Crippen LogP contribution in [0.5, 0.6) is 0 Å². The first-order valence-electron chi connectivity index (χ1n) is 13.7. The van der Waals surface area contributed by atoms with Crippen molar-refractivity contribution >= 4 is 24.1 Å². The molecular weight excluding hydrogens is 597 g/mol. The Bertz CT molecular complexity index is 1670. The summed E-state index contributed by atoms with van der Waals surface area (Å²) in [6.07, 6.45) is -3.55. The number of aliphatic hydroxyl groups is 1. The van der Waals surface area contributed by atoms with E-state index in [4.69, 9.17) is 14.6 Å². The van der Waals surface area contributed by atoms with Gasteiger partial charge in [0.05, 0.1) is 57.1 Å². The molecule has 0 bridgehead atoms. The van der Waals surface area contributed by atoms with Gasteiger partial charge in [0.2, 0.25) is 5.95 Å². The van der Waals surface area contributed by atoms with Crippen LogP contribution >= 0.6 is 0 Å². The summed E-state index contributed by atoms with van der Waals surface area (Å²) in [5, 5.41) is 32.3. The van der Waals surface area contributed by atoms with Gasteiger partial charge in [-0.05, 0) is 48.4 Å². The zero-order valence-electron chi connectivity index (χ0n) is 25.1. The number of aromatic amines is 1. The van der Waals surface area contributed by atoms with Gasteiger partial charge in [0, 0.05) is 30.8 Å². The minimum Gasteiger partial charge on any atom is -0.483 e. The van der Waals surface area contributed by atoms with E-state index in [0.29, 0.717) is 47.1 Å². The average molecular weight is 632 g/mol. The SMILES string of the molecule is COC(=O)C1=C(C)N(c2cccc(C(F)(F)F)c2)c2n[nH]c(=O)n2[C@@H]1c1ccc(C#N)cc1CC[N+](C)(C)CCCO.O=CO. The Morgan fingerprint density at radius 3 is 2.51 bits per heavy atom. The number of ether oxygens (including phenoxy) is 1. The number of alkyl halides is 3. The summed E-state index contributed by atoms with van der Waals surface area (Å²) >= 11 is 0. The number of nitrogens with one attached hydrogen (secondary N) is 1. The fraction of sp³-hybridized carbons (Fsp3) is 0.367. The maximum absolute atomic E-state index is 13.6. The van der Waals surface area contributed by atoms with Crippen LogP contribution in [0.15, 0.2) is 58.5 Å². The molecule has 240 valence electrons. The third-order valence-electron chi connectivity index (χ3n) is 7.45. The molecule has 4 rings (SSSR count). The zero-order chi connectivity index (χ0) is 33.5. The second-order valence-corrected chi connectivity index (χ2v) is 10.8. The number of H-pyrrole nitrogens is 1. The van der Waals surface area contributed by atoms with Crippen molar-refractivity contribution in [2.24, 2.45) is 0 Å². The summed E-state index contributed by atoms with van der Waals surface area (Å²) in [5.41, 5.74) is 0.351. The number of hydrogen-bond acceptors (Lipinski definition) is 8. The number of nitrogens with zero attached hydrogens (tertiary/aromatic N) is 5. The van der Waals surface area contributed by atoms with Crippen molar-refractivity contribution in [2.45, 2.75) is 32.0 Å². The van der Waals surface area contributed by atoms with Gasteiger partial charge >= 0.3 is 17.8 Å². The average Bonchev–Trinajstić information content (AvgIpc) is 3.38. The molecule has 1 aliphatic heterocycles. The number of allylic oxidation sites excluding steroid dienone is 1. The Balaban J connectivity index is 0.00000177. The summed E-state index contributed by atoms with van der Waals surface area (Å²) in [7, 11) is 5.21. The standard InChI is InChI=1S/C29H31F3N6O4.CH2O2/c1-18-24(26(40)42-4)25(23-10-9-19(17-33)15-20(23)11-13-38(2,3)12-6-14-39)37-27(34-35-28(37)41)36(18)22-8-5-7-21(16-22)29(30,31)32;2-1-3/h5,7-10,15-16,25,39H,6,11-14H2,1-4H3;1H,(H,2,3)/p+1/t25-;/m1./s1. The second kappa shape index (κ2) is 14.2. The van der Waals surface area contributed by atoms with E-state index in [2.05, 4.69) is 16.3 Å². The minimum atomic E-state index is -4.62. The fourth-order valence-electron chi connectivity index (χ4n) is 5.27. The van der Waals surface area contributed by atoms with Crippen molar-refractivity contribution in [3.63, 3.8) is 0 Å². The molecule has 0 saturated heterocycles. The van der Waals surface area contributed by atoms with Crippen molar-refractivity contribution in [3.05, 3.63) is 86.5 Å². The highest BCUT2D eigenvalue weighted by molar-refractivity contribution is 5.93. The van der Waals surface area contributed by atoms with Crippen LogP contribution in [-0.2, 0) is 26.9 Å². The Hall–Kier alpha value is -4.94. The third kappa shape index (κ3) is 7.59. The van der Waals surface area contributed by atoms with Gasteiger partial charge in [-0.25, -0.2) is 19.3 Å². The quantitative estimate of drug-likeness (QED) is 0.183. The molecule has 15 heteroatoms. The van der Waals surface area contributed by atoms with Crippen LogP contribution in [-0.4, -0.2) is 82.8 Å². The second-order valence-electron chi connectivity index (χ2n) is 10.8. The number of likely N-dealkylation sites (N-methyl/N-ethyl adjacent to an activating group) is 1. The van der Waals surface area contributed by atoms with Crippen LogP contribution in [0, 0.1) is 11.3 Å². The Morgan fingerprint density at radius 1 is 1.22 bits per heavy atom. The smallest absolute Gasteiger partial charge is 0.416 e. The third-order valence-corrected chi connectivity index (χ3v) is 7.45. The number of benzene rings is 2. The van der Waals surface area contributed by atoms with Gasteiger partial charge in [-0.1, -0.05) is 12.1 Å². The number of hydrogen-bond donors (Lipinski definition) is 3. The topological polar surface area (TPSA) is 162 Å². The molecule has 3 aromatic rings. The van der Waals surface area contributed by atoms with Gasteiger partial charge in [0.1, 0.15) is 6.04 Å². The normalized spacial score (nSPS) is 14.6. The number of rotatable bonds is 9. The van der Waals surface area contributed by atoms with Crippen molar-refractivity contribution < 1.29 is 42.2 Å². The minimum absolute atomic E-state index is 0.0103. The van der Waals surface area contributed by atoms with Gasteiger partial charge in [-0.2, -0.15) is 18.4 Å². The molecule has 0 unspecified atom stereocenters. The summed E-state index contributed by atoms with van der Waals surface area (Å²) in [6, 6.07) is 10.5. The first-order valence-corrected chi connectivity index (χ1v) is 13.7. The molecular formula is C30H34F3N6O6+. The maximum Gasteiger partial charge on any atom is 0.416 e. The van der Waals surface area contributed by atoms with Crippen LogP contribution in [0.1, 0.15) is 41.6 Å². The van der Waals surface area contributed by atoms with E-state index in [0.717, 1.165) is 12.1 Å². The summed E-state index contributed by atoms with van der Waals surface area (Å²) in [6.45, 7) is 2.69. The van der Waals surface area contributed by atoms with E-state index < -0.39 is 29.4 Å². The van der Waals surface area contributed by atoms with Crippen LogP contribution < -0.4 is 10.6 Å². The van der Waals surface area contributed by atoms with E-state index in [1.807, 2.05) is 14.1 Å². The van der Waals surface area contributed by atoms with Gasteiger partial charge in [0.25, 0.3) is 6.47 Å². The number of methoxy groups -OCH3 is 1. The van der Waals surface area contributed by atoms with Crippen LogP contribution in [0.25, 0.3) is 0 Å². The number of quaternary nitrogens is 1. The van der Waals surface area contributed by atoms with Gasteiger partial charge in [-0.3, -0.25) is 9.69 Å². The number of carboxylic acid groups (broad SMARTS) is 1. The van der Waals surface area contributed by atoms with Crippen molar-refractivity contribution in [2.75, 3.05) is 45.8 Å². The van der Waals surface area contributed by atoms with E-state index in [1.165, 1.54) is 28.7 Å². The van der Waals surface area contributed by atoms with Crippen molar-refractivity contribution in [3.8, 4) is 6.07 Å². The lowest BCUT2D eigenvalue weighted by Gasteiger charge is -2.36. The number of carbonyl (C=O) groups excluding carboxylic acids is 1. The monoisotopic (exact) mass is 631 g/mol. The van der Waals surface area contributed by atoms with Crippen molar-refractivity contribution in [1.82, 2.24) is 14.8 Å². The van der Waals surface area contributed by atoms with Crippen LogP contribution in [0.4, 0.5) is 24.8 Å². The highest BCUT2D eigenvalue weighted by Crippen LogP contribution is 2.43. The van der Waals surface area contributed by atoms with Crippen LogP contribution in [0.3, 0.4) is 0 Å². The molecule has 0 radical (unpaired) electrons. The van der Waals surface area contributed by atoms with E-state index in [-0.39, 0.29) is 36.0 Å². The molecule has 1 aliphatic rings. The predicted octanol–water partition coefficient (Wildman–Crippen LogP) is 3.35. The number of carbonyl (C=O) groups is 2. The van der Waals surface area contributed by atoms with Crippen molar-refractivity contribution in [1.29, 1.82) is 5.26 Å². The number of nitriles is 1. The van der Waals surface area contributed by atoms with E-state index in [9.17, 15) is 33.1 Å². The first kappa shape index (κ1) is 34.5. The molecule has 0 fully saturated rings. The molecule has 1 atom stereocenters. The lowest BCUT2D eigenvalue weighted by atomic mass is 9.89. The Kier molecular flexibility index (Phi) is 10.9. The molecule has 45 heavy (non-hydrogen) atoms. The largest absolute Gasteiger partial charge is 0.483 e. The zero-order valence-corrected chi connectivity index (χ0v) is 25.1. The molecule has 0 amide bonds. The number of anilines is 2. The summed E-state index contributed by atoms with van der Waals surface area (Å²) in [4.78, 5) is 36.3. The molecule has 0 spiro atoms. The van der Waals surface area contributed by atoms with Gasteiger partial charge in [0.15, 0.2) is 0 Å². The number of halogens is 3. The number of aliphatic hydroxyl groups excluding tert-OH is 1. The lowest BCUT2D eigenvalue weighted by Crippen LogP contribution is -2.42. The lowest BCUT2D eigenvalue weighted by molar-refractivity contribution is -0.890. The Morgan fingerprint density at radius 2 is 1.91 bits per heavy atom. The molecule has 0 saturated carbocycles. The molecule has 12 nitrogen and oxygen atoms in total. The van der Waals surface area contributed by atoms with E-state index >= 15 is 0 Å².